The molecule has 0 amide bonds. The Kier molecular flexibility index (Phi) is 3.68. The van der Waals surface area contributed by atoms with Gasteiger partial charge in [-0.2, -0.15) is 4.98 Å². The third-order valence-electron chi connectivity index (χ3n) is 3.42. The van der Waals surface area contributed by atoms with Crippen LogP contribution in [0.5, 0.6) is 0 Å². The fourth-order valence-electron chi connectivity index (χ4n) is 2.44. The lowest BCUT2D eigenvalue weighted by atomic mass is 10.2. The number of rotatable bonds is 4. The van der Waals surface area contributed by atoms with E-state index in [0.29, 0.717) is 18.1 Å². The average Bonchev–Trinajstić information content (AvgIpc) is 3.00. The van der Waals surface area contributed by atoms with Crippen molar-refractivity contribution < 1.29 is 4.52 Å². The summed E-state index contributed by atoms with van der Waals surface area (Å²) in [6.45, 7) is 6.53. The lowest BCUT2D eigenvalue weighted by molar-refractivity contribution is 0.386. The minimum absolute atomic E-state index is 0.148. The molecule has 0 N–H and O–H groups in total. The highest BCUT2D eigenvalue weighted by molar-refractivity contribution is 6.20. The van der Waals surface area contributed by atoms with Crippen LogP contribution in [0.3, 0.4) is 0 Å². The predicted molar refractivity (Wildman–Crippen MR) is 81.5 cm³/mol. The first-order chi connectivity index (χ1) is 10.0. The van der Waals surface area contributed by atoms with Crippen LogP contribution >= 0.6 is 11.6 Å². The molecule has 0 aliphatic carbocycles. The minimum atomic E-state index is -0.148. The molecule has 0 spiro atoms. The molecule has 1 aromatic carbocycles. The molecule has 1 unspecified atom stereocenters. The summed E-state index contributed by atoms with van der Waals surface area (Å²) in [4.78, 5) is 8.88. The SMILES string of the molecule is Cc1ccc2nc(C(C)Cl)n(CCc3noc(C)n3)c2c1. The molecular formula is C15H17ClN4O. The monoisotopic (exact) mass is 304 g/mol. The maximum Gasteiger partial charge on any atom is 0.223 e. The van der Waals surface area contributed by atoms with Crippen LogP contribution in [0.1, 0.15) is 35.4 Å². The van der Waals surface area contributed by atoms with Crippen molar-refractivity contribution in [3.63, 3.8) is 0 Å². The van der Waals surface area contributed by atoms with Gasteiger partial charge in [-0.05, 0) is 31.5 Å². The molecular weight excluding hydrogens is 288 g/mol. The second-order valence-electron chi connectivity index (χ2n) is 5.21. The van der Waals surface area contributed by atoms with Gasteiger partial charge in [0.15, 0.2) is 5.82 Å². The van der Waals surface area contributed by atoms with E-state index in [4.69, 9.17) is 16.1 Å². The molecule has 21 heavy (non-hydrogen) atoms. The number of alkyl halides is 1. The van der Waals surface area contributed by atoms with E-state index in [1.165, 1.54) is 5.56 Å². The number of fused-ring (bicyclic) bond motifs is 1. The van der Waals surface area contributed by atoms with Crippen molar-refractivity contribution in [2.24, 2.45) is 0 Å². The van der Waals surface area contributed by atoms with Gasteiger partial charge in [-0.25, -0.2) is 4.98 Å². The van der Waals surface area contributed by atoms with Gasteiger partial charge in [0.2, 0.25) is 5.89 Å². The summed E-state index contributed by atoms with van der Waals surface area (Å²) in [6.07, 6.45) is 0.688. The topological polar surface area (TPSA) is 56.7 Å². The molecule has 5 nitrogen and oxygen atoms in total. The van der Waals surface area contributed by atoms with Crippen LogP contribution in [-0.2, 0) is 13.0 Å². The van der Waals surface area contributed by atoms with E-state index >= 15 is 0 Å². The van der Waals surface area contributed by atoms with Gasteiger partial charge < -0.3 is 9.09 Å². The number of aryl methyl sites for hydroxylation is 4. The molecule has 1 atom stereocenters. The summed E-state index contributed by atoms with van der Waals surface area (Å²) >= 11 is 6.27. The Labute approximate surface area is 127 Å². The first-order valence-electron chi connectivity index (χ1n) is 6.94. The molecule has 0 aliphatic heterocycles. The molecule has 0 saturated carbocycles. The van der Waals surface area contributed by atoms with Crippen LogP contribution < -0.4 is 0 Å². The van der Waals surface area contributed by atoms with Crippen molar-refractivity contribution in [3.8, 4) is 0 Å². The Balaban J connectivity index is 1.98. The number of benzene rings is 1. The lowest BCUT2D eigenvalue weighted by Gasteiger charge is -2.09. The average molecular weight is 305 g/mol. The summed E-state index contributed by atoms with van der Waals surface area (Å²) in [5, 5.41) is 3.79. The number of imidazole rings is 1. The van der Waals surface area contributed by atoms with Gasteiger partial charge in [0.05, 0.1) is 16.4 Å². The highest BCUT2D eigenvalue weighted by atomic mass is 35.5. The van der Waals surface area contributed by atoms with E-state index in [9.17, 15) is 0 Å². The van der Waals surface area contributed by atoms with Crippen molar-refractivity contribution in [1.29, 1.82) is 0 Å². The third-order valence-corrected chi connectivity index (χ3v) is 3.61. The van der Waals surface area contributed by atoms with Crippen molar-refractivity contribution in [1.82, 2.24) is 19.7 Å². The number of halogens is 1. The Hall–Kier alpha value is -1.88. The summed E-state index contributed by atoms with van der Waals surface area (Å²) in [5.41, 5.74) is 3.26. The molecule has 0 bridgehead atoms. The van der Waals surface area contributed by atoms with Gasteiger partial charge in [0.1, 0.15) is 5.82 Å². The second-order valence-corrected chi connectivity index (χ2v) is 5.86. The smallest absolute Gasteiger partial charge is 0.223 e. The molecule has 0 radical (unpaired) electrons. The van der Waals surface area contributed by atoms with E-state index in [2.05, 4.69) is 38.7 Å². The van der Waals surface area contributed by atoms with Gasteiger partial charge in [-0.1, -0.05) is 11.2 Å². The van der Waals surface area contributed by atoms with Gasteiger partial charge in [-0.15, -0.1) is 11.6 Å². The van der Waals surface area contributed by atoms with Crippen LogP contribution in [-0.4, -0.2) is 19.7 Å². The highest BCUT2D eigenvalue weighted by Gasteiger charge is 2.15. The molecule has 6 heteroatoms. The highest BCUT2D eigenvalue weighted by Crippen LogP contribution is 2.25. The van der Waals surface area contributed by atoms with Crippen LogP contribution in [0.2, 0.25) is 0 Å². The molecule has 0 saturated heterocycles. The van der Waals surface area contributed by atoms with Gasteiger partial charge in [0, 0.05) is 19.9 Å². The summed E-state index contributed by atoms with van der Waals surface area (Å²) in [5.74, 6) is 2.16. The Morgan fingerprint density at radius 3 is 2.76 bits per heavy atom. The standard InChI is InChI=1S/C15H17ClN4O/c1-9-4-5-12-13(8-9)20(15(18-12)10(2)16)7-6-14-17-11(3)21-19-14/h4-5,8,10H,6-7H2,1-3H3. The molecule has 0 aliphatic rings. The first kappa shape index (κ1) is 14.1. The van der Waals surface area contributed by atoms with Crippen molar-refractivity contribution in [2.75, 3.05) is 0 Å². The fourth-order valence-corrected chi connectivity index (χ4v) is 2.61. The molecule has 3 aromatic rings. The Bertz CT molecular complexity index is 775. The van der Waals surface area contributed by atoms with Crippen molar-refractivity contribution in [2.45, 2.75) is 39.1 Å². The van der Waals surface area contributed by atoms with Gasteiger partial charge >= 0.3 is 0 Å². The van der Waals surface area contributed by atoms with E-state index in [1.54, 1.807) is 6.92 Å². The molecule has 110 valence electrons. The Morgan fingerprint density at radius 2 is 2.10 bits per heavy atom. The number of aromatic nitrogens is 4. The summed E-state index contributed by atoms with van der Waals surface area (Å²) < 4.78 is 7.15. The summed E-state index contributed by atoms with van der Waals surface area (Å²) in [7, 11) is 0. The number of nitrogens with zero attached hydrogens (tertiary/aromatic N) is 4. The first-order valence-corrected chi connectivity index (χ1v) is 7.38. The van der Waals surface area contributed by atoms with E-state index in [1.807, 2.05) is 13.0 Å². The molecule has 2 heterocycles. The normalized spacial score (nSPS) is 13.0. The fraction of sp³-hybridized carbons (Fsp3) is 0.400. The third kappa shape index (κ3) is 2.78. The van der Waals surface area contributed by atoms with E-state index < -0.39 is 0 Å². The van der Waals surface area contributed by atoms with Gasteiger partial charge in [-0.3, -0.25) is 0 Å². The maximum absolute atomic E-state index is 6.27. The zero-order valence-corrected chi connectivity index (χ0v) is 13.1. The minimum Gasteiger partial charge on any atom is -0.340 e. The van der Waals surface area contributed by atoms with Crippen LogP contribution in [0, 0.1) is 13.8 Å². The van der Waals surface area contributed by atoms with E-state index in [0.717, 1.165) is 23.4 Å². The second kappa shape index (κ2) is 5.48. The van der Waals surface area contributed by atoms with Crippen LogP contribution in [0.25, 0.3) is 11.0 Å². The lowest BCUT2D eigenvalue weighted by Crippen LogP contribution is -2.07. The summed E-state index contributed by atoms with van der Waals surface area (Å²) in [6, 6.07) is 6.22. The Morgan fingerprint density at radius 1 is 1.29 bits per heavy atom. The number of hydrogen-bond donors (Lipinski definition) is 0. The largest absolute Gasteiger partial charge is 0.340 e. The van der Waals surface area contributed by atoms with Crippen LogP contribution in [0.4, 0.5) is 0 Å². The van der Waals surface area contributed by atoms with Crippen LogP contribution in [0.15, 0.2) is 22.7 Å². The van der Waals surface area contributed by atoms with E-state index in [-0.39, 0.29) is 5.38 Å². The molecule has 2 aromatic heterocycles. The molecule has 0 fully saturated rings. The number of hydrogen-bond acceptors (Lipinski definition) is 4. The molecule has 3 rings (SSSR count). The van der Waals surface area contributed by atoms with Crippen molar-refractivity contribution in [3.05, 3.63) is 41.3 Å². The maximum atomic E-state index is 6.27. The van der Waals surface area contributed by atoms with Gasteiger partial charge in [0.25, 0.3) is 0 Å². The zero-order valence-electron chi connectivity index (χ0n) is 12.3. The van der Waals surface area contributed by atoms with Crippen molar-refractivity contribution >= 4 is 22.6 Å². The zero-order chi connectivity index (χ0) is 15.0. The predicted octanol–water partition coefficient (Wildman–Crippen LogP) is 3.58. The quantitative estimate of drug-likeness (QED) is 0.691.